The van der Waals surface area contributed by atoms with Gasteiger partial charge in [-0.25, -0.2) is 0 Å². The summed E-state index contributed by atoms with van der Waals surface area (Å²) in [6.07, 6.45) is 1.13. The topological polar surface area (TPSA) is 32.8 Å². The van der Waals surface area contributed by atoms with Gasteiger partial charge in [-0.2, -0.15) is 0 Å². The molecule has 0 spiro atoms. The summed E-state index contributed by atoms with van der Waals surface area (Å²) in [6, 6.07) is 0. The lowest BCUT2D eigenvalue weighted by Gasteiger charge is -2.59. The molecule has 68 valence electrons. The minimum Gasteiger partial charge on any atom is -0.390 e. The molecule has 4 fully saturated rings. The van der Waals surface area contributed by atoms with E-state index >= 15 is 0 Å². The number of aliphatic hydroxyl groups is 1. The summed E-state index contributed by atoms with van der Waals surface area (Å²) in [6.45, 7) is 6.68. The standard InChI is InChI=1S/C10H16O2/c1-9(2)5-4-6(9)10(3)8(12-10)7(5)11/h5-8,11H,4H2,1-3H3. The van der Waals surface area contributed by atoms with Gasteiger partial charge in [-0.05, 0) is 30.6 Å². The van der Waals surface area contributed by atoms with E-state index in [2.05, 4.69) is 20.8 Å². The van der Waals surface area contributed by atoms with Gasteiger partial charge in [0.15, 0.2) is 0 Å². The monoisotopic (exact) mass is 168 g/mol. The Morgan fingerprint density at radius 3 is 2.50 bits per heavy atom. The van der Waals surface area contributed by atoms with Gasteiger partial charge in [0.2, 0.25) is 0 Å². The summed E-state index contributed by atoms with van der Waals surface area (Å²) in [7, 11) is 0. The Labute approximate surface area is 72.9 Å². The third-order valence-electron chi connectivity index (χ3n) is 4.65. The smallest absolute Gasteiger partial charge is 0.113 e. The van der Waals surface area contributed by atoms with Crippen LogP contribution in [0.15, 0.2) is 0 Å². The first kappa shape index (κ1) is 7.34. The molecule has 2 nitrogen and oxygen atoms in total. The van der Waals surface area contributed by atoms with Crippen molar-refractivity contribution < 1.29 is 9.84 Å². The molecule has 3 aliphatic carbocycles. The maximum Gasteiger partial charge on any atom is 0.113 e. The number of epoxide rings is 1. The zero-order valence-electron chi connectivity index (χ0n) is 7.87. The van der Waals surface area contributed by atoms with Gasteiger partial charge < -0.3 is 9.84 Å². The van der Waals surface area contributed by atoms with Gasteiger partial charge >= 0.3 is 0 Å². The van der Waals surface area contributed by atoms with E-state index in [1.807, 2.05) is 0 Å². The molecule has 2 bridgehead atoms. The molecule has 0 amide bonds. The van der Waals surface area contributed by atoms with Crippen LogP contribution < -0.4 is 0 Å². The van der Waals surface area contributed by atoms with Crippen LogP contribution in [0.4, 0.5) is 0 Å². The maximum atomic E-state index is 9.90. The Bertz CT molecular complexity index is 243. The predicted molar refractivity (Wildman–Crippen MR) is 44.7 cm³/mol. The fourth-order valence-electron chi connectivity index (χ4n) is 3.65. The molecular formula is C10H16O2. The van der Waals surface area contributed by atoms with Gasteiger partial charge in [-0.1, -0.05) is 13.8 Å². The van der Waals surface area contributed by atoms with E-state index in [9.17, 15) is 5.11 Å². The molecule has 0 radical (unpaired) electrons. The van der Waals surface area contributed by atoms with E-state index < -0.39 is 0 Å². The van der Waals surface area contributed by atoms with Crippen LogP contribution in [-0.4, -0.2) is 22.9 Å². The molecule has 1 saturated heterocycles. The van der Waals surface area contributed by atoms with Crippen LogP contribution in [0.25, 0.3) is 0 Å². The quantitative estimate of drug-likeness (QED) is 0.551. The van der Waals surface area contributed by atoms with Crippen LogP contribution in [-0.2, 0) is 4.74 Å². The van der Waals surface area contributed by atoms with Crippen LogP contribution >= 0.6 is 0 Å². The molecule has 1 N–H and O–H groups in total. The van der Waals surface area contributed by atoms with Gasteiger partial charge in [0.25, 0.3) is 0 Å². The summed E-state index contributed by atoms with van der Waals surface area (Å²) < 4.78 is 5.62. The van der Waals surface area contributed by atoms with Crippen LogP contribution in [0.1, 0.15) is 27.2 Å². The summed E-state index contributed by atoms with van der Waals surface area (Å²) in [5, 5.41) is 9.90. The number of rotatable bonds is 0. The number of hydrogen-bond donors (Lipinski definition) is 1. The third-order valence-corrected chi connectivity index (χ3v) is 4.65. The predicted octanol–water partition coefficient (Wildman–Crippen LogP) is 1.18. The minimum atomic E-state index is -0.199. The largest absolute Gasteiger partial charge is 0.390 e. The second kappa shape index (κ2) is 1.60. The molecule has 1 aliphatic heterocycles. The first-order valence-corrected chi connectivity index (χ1v) is 4.84. The number of hydrogen-bond acceptors (Lipinski definition) is 2. The molecule has 0 aromatic carbocycles. The van der Waals surface area contributed by atoms with Crippen molar-refractivity contribution in [2.75, 3.05) is 0 Å². The van der Waals surface area contributed by atoms with E-state index in [4.69, 9.17) is 4.74 Å². The molecule has 0 aromatic rings. The van der Waals surface area contributed by atoms with Crippen molar-refractivity contribution in [1.82, 2.24) is 0 Å². The van der Waals surface area contributed by atoms with Gasteiger partial charge in [0.1, 0.15) is 6.10 Å². The molecule has 4 rings (SSSR count). The molecule has 4 aliphatic rings. The number of ether oxygens (including phenoxy) is 1. The van der Waals surface area contributed by atoms with Crippen LogP contribution in [0, 0.1) is 17.3 Å². The Balaban J connectivity index is 2.01. The van der Waals surface area contributed by atoms with Gasteiger partial charge in [0.05, 0.1) is 11.7 Å². The molecule has 12 heavy (non-hydrogen) atoms. The highest BCUT2D eigenvalue weighted by molar-refractivity contribution is 5.24. The normalized spacial score (nSPS) is 65.0. The molecule has 5 atom stereocenters. The van der Waals surface area contributed by atoms with Crippen molar-refractivity contribution in [3.05, 3.63) is 0 Å². The Hall–Kier alpha value is -0.0800. The second-order valence-corrected chi connectivity index (χ2v) is 5.43. The minimum absolute atomic E-state index is 0.0255. The van der Waals surface area contributed by atoms with E-state index in [1.165, 1.54) is 6.42 Å². The zero-order valence-corrected chi connectivity index (χ0v) is 7.87. The van der Waals surface area contributed by atoms with Crippen molar-refractivity contribution >= 4 is 0 Å². The first-order valence-electron chi connectivity index (χ1n) is 4.84. The van der Waals surface area contributed by atoms with Crippen molar-refractivity contribution in [1.29, 1.82) is 0 Å². The molecule has 2 heteroatoms. The second-order valence-electron chi connectivity index (χ2n) is 5.43. The molecule has 3 saturated carbocycles. The lowest BCUT2D eigenvalue weighted by Crippen LogP contribution is -2.62. The average Bonchev–Trinajstić information content (AvgIpc) is 2.61. The zero-order chi connectivity index (χ0) is 8.72. The molecule has 5 unspecified atom stereocenters. The highest BCUT2D eigenvalue weighted by Gasteiger charge is 2.76. The van der Waals surface area contributed by atoms with Crippen molar-refractivity contribution in [3.63, 3.8) is 0 Å². The Morgan fingerprint density at radius 1 is 1.33 bits per heavy atom. The lowest BCUT2D eigenvalue weighted by atomic mass is 9.45. The highest BCUT2D eigenvalue weighted by Crippen LogP contribution is 2.70. The lowest BCUT2D eigenvalue weighted by molar-refractivity contribution is -0.139. The van der Waals surface area contributed by atoms with Crippen LogP contribution in [0.3, 0.4) is 0 Å². The highest BCUT2D eigenvalue weighted by atomic mass is 16.6. The molecule has 1 heterocycles. The van der Waals surface area contributed by atoms with Crippen molar-refractivity contribution in [2.45, 2.75) is 45.0 Å². The number of aliphatic hydroxyl groups excluding tert-OH is 1. The van der Waals surface area contributed by atoms with E-state index in [1.54, 1.807) is 0 Å². The summed E-state index contributed by atoms with van der Waals surface area (Å²) in [5.41, 5.74) is 0.332. The van der Waals surface area contributed by atoms with Crippen molar-refractivity contribution in [2.24, 2.45) is 17.3 Å². The van der Waals surface area contributed by atoms with Gasteiger partial charge in [0, 0.05) is 0 Å². The van der Waals surface area contributed by atoms with Crippen LogP contribution in [0.5, 0.6) is 0 Å². The van der Waals surface area contributed by atoms with E-state index in [0.717, 1.165) is 0 Å². The SMILES string of the molecule is CC1(C)C2CC1C1(C)OC1C2O. The first-order chi connectivity index (χ1) is 5.48. The fourth-order valence-corrected chi connectivity index (χ4v) is 3.65. The van der Waals surface area contributed by atoms with E-state index in [0.29, 0.717) is 17.3 Å². The fraction of sp³-hybridized carbons (Fsp3) is 1.00. The summed E-state index contributed by atoms with van der Waals surface area (Å²) in [4.78, 5) is 0. The molecular weight excluding hydrogens is 152 g/mol. The van der Waals surface area contributed by atoms with Crippen LogP contribution in [0.2, 0.25) is 0 Å². The molecule has 0 aromatic heterocycles. The average molecular weight is 168 g/mol. The summed E-state index contributed by atoms with van der Waals surface area (Å²) >= 11 is 0. The Kier molecular flexibility index (Phi) is 0.978. The van der Waals surface area contributed by atoms with Gasteiger partial charge in [-0.3, -0.25) is 0 Å². The summed E-state index contributed by atoms with van der Waals surface area (Å²) in [5.74, 6) is 1.17. The third kappa shape index (κ3) is 0.521. The van der Waals surface area contributed by atoms with Gasteiger partial charge in [-0.15, -0.1) is 0 Å². The van der Waals surface area contributed by atoms with Crippen molar-refractivity contribution in [3.8, 4) is 0 Å². The van der Waals surface area contributed by atoms with E-state index in [-0.39, 0.29) is 17.8 Å². The maximum absolute atomic E-state index is 9.90. The Morgan fingerprint density at radius 2 is 2.00 bits per heavy atom.